The average Bonchev–Trinajstić information content (AvgIpc) is 2.78. The Kier molecular flexibility index (Phi) is 3.64. The number of β-amino-alcohol motifs (C(OH)–C–C–N with tert-alkyl or cyclic N) is 1. The van der Waals surface area contributed by atoms with E-state index in [0.717, 1.165) is 18.2 Å². The number of hydrogen-bond donors (Lipinski definition) is 1. The molecule has 0 aliphatic carbocycles. The number of para-hydroxylation sites is 1. The zero-order valence-corrected chi connectivity index (χ0v) is 11.8. The highest BCUT2D eigenvalue weighted by molar-refractivity contribution is 5.59. The number of hydrogen-bond acceptors (Lipinski definition) is 2. The normalized spacial score (nSPS) is 18.7. The van der Waals surface area contributed by atoms with E-state index in [9.17, 15) is 13.9 Å². The minimum absolute atomic E-state index is 0.00609. The van der Waals surface area contributed by atoms with Gasteiger partial charge in [-0.15, -0.1) is 0 Å². The quantitative estimate of drug-likeness (QED) is 0.935. The summed E-state index contributed by atoms with van der Waals surface area (Å²) in [7, 11) is 0. The number of anilines is 1. The van der Waals surface area contributed by atoms with Crippen LogP contribution in [0.25, 0.3) is 0 Å². The first kappa shape index (κ1) is 14.0. The third-order valence-corrected chi connectivity index (χ3v) is 4.06. The molecule has 0 bridgehead atoms. The van der Waals surface area contributed by atoms with Crippen LogP contribution in [-0.4, -0.2) is 17.7 Å². The highest BCUT2D eigenvalue weighted by Gasteiger charge is 2.28. The lowest BCUT2D eigenvalue weighted by molar-refractivity contribution is 0.175. The van der Waals surface area contributed by atoms with Crippen molar-refractivity contribution in [3.05, 3.63) is 65.2 Å². The van der Waals surface area contributed by atoms with Gasteiger partial charge in [-0.05, 0) is 31.0 Å². The second-order valence-corrected chi connectivity index (χ2v) is 5.49. The molecule has 0 saturated carbocycles. The lowest BCUT2D eigenvalue weighted by Crippen LogP contribution is -2.33. The van der Waals surface area contributed by atoms with Gasteiger partial charge in [0.1, 0.15) is 0 Å². The molecule has 2 atom stereocenters. The van der Waals surface area contributed by atoms with E-state index in [1.165, 1.54) is 17.7 Å². The monoisotopic (exact) mass is 289 g/mol. The number of nitrogens with zero attached hydrogens (tertiary/aromatic N) is 1. The Morgan fingerprint density at radius 3 is 2.76 bits per heavy atom. The predicted molar refractivity (Wildman–Crippen MR) is 78.3 cm³/mol. The fourth-order valence-electron chi connectivity index (χ4n) is 2.97. The van der Waals surface area contributed by atoms with Gasteiger partial charge in [0.2, 0.25) is 0 Å². The summed E-state index contributed by atoms with van der Waals surface area (Å²) in [4.78, 5) is 2.05. The first-order valence-electron chi connectivity index (χ1n) is 7.04. The molecule has 0 spiro atoms. The molecule has 2 aromatic carbocycles. The van der Waals surface area contributed by atoms with Crippen LogP contribution in [0.3, 0.4) is 0 Å². The van der Waals surface area contributed by atoms with Crippen molar-refractivity contribution in [3.8, 4) is 0 Å². The number of aliphatic hydroxyl groups excluding tert-OH is 1. The van der Waals surface area contributed by atoms with Gasteiger partial charge in [-0.2, -0.15) is 0 Å². The average molecular weight is 289 g/mol. The summed E-state index contributed by atoms with van der Waals surface area (Å²) in [6.07, 6.45) is -0.163. The van der Waals surface area contributed by atoms with E-state index >= 15 is 0 Å². The van der Waals surface area contributed by atoms with E-state index in [2.05, 4.69) is 13.0 Å². The molecule has 1 aliphatic rings. The van der Waals surface area contributed by atoms with Crippen LogP contribution in [0.1, 0.15) is 24.2 Å². The largest absolute Gasteiger partial charge is 0.386 e. The molecule has 0 saturated heterocycles. The first-order valence-corrected chi connectivity index (χ1v) is 7.04. The van der Waals surface area contributed by atoms with Gasteiger partial charge in [0.25, 0.3) is 0 Å². The molecule has 0 fully saturated rings. The maximum atomic E-state index is 13.8. The topological polar surface area (TPSA) is 23.5 Å². The smallest absolute Gasteiger partial charge is 0.164 e. The van der Waals surface area contributed by atoms with Gasteiger partial charge in [-0.1, -0.05) is 30.3 Å². The number of rotatable bonds is 3. The summed E-state index contributed by atoms with van der Waals surface area (Å²) in [6, 6.07) is 12.1. The lowest BCUT2D eigenvalue weighted by Gasteiger charge is -2.27. The summed E-state index contributed by atoms with van der Waals surface area (Å²) in [5.41, 5.74) is 2.28. The summed E-state index contributed by atoms with van der Waals surface area (Å²) in [5, 5.41) is 10.3. The van der Waals surface area contributed by atoms with Gasteiger partial charge in [0, 0.05) is 23.8 Å². The highest BCUT2D eigenvalue weighted by atomic mass is 19.2. The van der Waals surface area contributed by atoms with E-state index in [-0.39, 0.29) is 18.2 Å². The number of halogens is 2. The van der Waals surface area contributed by atoms with Crippen LogP contribution in [0, 0.1) is 11.6 Å². The molecule has 3 rings (SSSR count). The molecular weight excluding hydrogens is 272 g/mol. The van der Waals surface area contributed by atoms with Gasteiger partial charge in [0.05, 0.1) is 6.10 Å². The van der Waals surface area contributed by atoms with Crippen LogP contribution in [-0.2, 0) is 6.42 Å². The summed E-state index contributed by atoms with van der Waals surface area (Å²) < 4.78 is 27.0. The third-order valence-electron chi connectivity index (χ3n) is 4.06. The number of fused-ring (bicyclic) bond motifs is 1. The zero-order valence-electron chi connectivity index (χ0n) is 11.8. The standard InChI is InChI=1S/C17H17F2NO/c1-11-9-12-5-2-3-8-15(12)20(11)10-16(21)13-6-4-7-14(18)17(13)19/h2-8,11,16,21H,9-10H2,1H3. The third kappa shape index (κ3) is 2.51. The van der Waals surface area contributed by atoms with E-state index in [0.29, 0.717) is 0 Å². The lowest BCUT2D eigenvalue weighted by atomic mass is 10.1. The van der Waals surface area contributed by atoms with Gasteiger partial charge in [-0.25, -0.2) is 8.78 Å². The molecule has 21 heavy (non-hydrogen) atoms. The number of benzene rings is 2. The van der Waals surface area contributed by atoms with Gasteiger partial charge >= 0.3 is 0 Å². The zero-order chi connectivity index (χ0) is 15.0. The molecule has 2 nitrogen and oxygen atoms in total. The van der Waals surface area contributed by atoms with E-state index in [1.807, 2.05) is 23.1 Å². The Hall–Kier alpha value is -1.94. The molecule has 2 unspecified atom stereocenters. The molecule has 110 valence electrons. The molecular formula is C17H17F2NO. The van der Waals surface area contributed by atoms with E-state index in [1.54, 1.807) is 0 Å². The molecule has 1 aliphatic heterocycles. The fourth-order valence-corrected chi connectivity index (χ4v) is 2.97. The van der Waals surface area contributed by atoms with E-state index < -0.39 is 17.7 Å². The first-order chi connectivity index (χ1) is 10.1. The van der Waals surface area contributed by atoms with Gasteiger partial charge in [-0.3, -0.25) is 0 Å². The molecule has 1 heterocycles. The minimum Gasteiger partial charge on any atom is -0.386 e. The number of aliphatic hydroxyl groups is 1. The summed E-state index contributed by atoms with van der Waals surface area (Å²) in [6.45, 7) is 2.31. The Labute approximate surface area is 122 Å². The molecule has 0 amide bonds. The molecule has 0 radical (unpaired) electrons. The Morgan fingerprint density at radius 1 is 1.19 bits per heavy atom. The van der Waals surface area contributed by atoms with Crippen LogP contribution < -0.4 is 4.90 Å². The van der Waals surface area contributed by atoms with Crippen molar-refractivity contribution in [3.63, 3.8) is 0 Å². The highest BCUT2D eigenvalue weighted by Crippen LogP contribution is 2.33. The van der Waals surface area contributed by atoms with Gasteiger partial charge in [0.15, 0.2) is 11.6 Å². The Balaban J connectivity index is 1.85. The predicted octanol–water partition coefficient (Wildman–Crippen LogP) is 3.45. The second-order valence-electron chi connectivity index (χ2n) is 5.49. The van der Waals surface area contributed by atoms with Crippen LogP contribution in [0.5, 0.6) is 0 Å². The Morgan fingerprint density at radius 2 is 1.95 bits per heavy atom. The fraction of sp³-hybridized carbons (Fsp3) is 0.294. The SMILES string of the molecule is CC1Cc2ccccc2N1CC(O)c1cccc(F)c1F. The second kappa shape index (κ2) is 5.45. The van der Waals surface area contributed by atoms with Crippen LogP contribution >= 0.6 is 0 Å². The van der Waals surface area contributed by atoms with Gasteiger partial charge < -0.3 is 10.0 Å². The van der Waals surface area contributed by atoms with Crippen molar-refractivity contribution >= 4 is 5.69 Å². The van der Waals surface area contributed by atoms with Crippen molar-refractivity contribution in [2.45, 2.75) is 25.5 Å². The summed E-state index contributed by atoms with van der Waals surface area (Å²) >= 11 is 0. The van der Waals surface area contributed by atoms with Crippen molar-refractivity contribution in [2.24, 2.45) is 0 Å². The molecule has 1 N–H and O–H groups in total. The maximum absolute atomic E-state index is 13.8. The molecule has 0 aromatic heterocycles. The van der Waals surface area contributed by atoms with Crippen LogP contribution in [0.4, 0.5) is 14.5 Å². The minimum atomic E-state index is -1.06. The molecule has 4 heteroatoms. The van der Waals surface area contributed by atoms with Crippen molar-refractivity contribution in [1.29, 1.82) is 0 Å². The van der Waals surface area contributed by atoms with Crippen LogP contribution in [0.2, 0.25) is 0 Å². The van der Waals surface area contributed by atoms with Crippen molar-refractivity contribution < 1.29 is 13.9 Å². The van der Waals surface area contributed by atoms with Crippen molar-refractivity contribution in [1.82, 2.24) is 0 Å². The van der Waals surface area contributed by atoms with Crippen molar-refractivity contribution in [2.75, 3.05) is 11.4 Å². The molecule has 2 aromatic rings. The van der Waals surface area contributed by atoms with Crippen LogP contribution in [0.15, 0.2) is 42.5 Å². The van der Waals surface area contributed by atoms with E-state index in [4.69, 9.17) is 0 Å². The Bertz CT molecular complexity index is 659. The summed E-state index contributed by atoms with van der Waals surface area (Å²) in [5.74, 6) is -1.90. The maximum Gasteiger partial charge on any atom is 0.164 e.